The Hall–Kier alpha value is -2.01. The van der Waals surface area contributed by atoms with Crippen LogP contribution in [-0.2, 0) is 10.5 Å². The van der Waals surface area contributed by atoms with Gasteiger partial charge < -0.3 is 9.64 Å². The fraction of sp³-hybridized carbons (Fsp3) is 0.316. The number of carbonyl (C=O) groups excluding carboxylic acids is 1. The molecule has 24 heavy (non-hydrogen) atoms. The van der Waals surface area contributed by atoms with Gasteiger partial charge in [0.05, 0.1) is 13.1 Å². The van der Waals surface area contributed by atoms with E-state index in [0.717, 1.165) is 11.5 Å². The lowest BCUT2D eigenvalue weighted by Crippen LogP contribution is -2.56. The fourth-order valence-electron chi connectivity index (χ4n) is 2.50. The number of benzene rings is 2. The number of rotatable bonds is 7. The summed E-state index contributed by atoms with van der Waals surface area (Å²) < 4.78 is 18.5. The molecule has 2 aromatic carbocycles. The highest BCUT2D eigenvalue weighted by Gasteiger charge is 2.31. The molecule has 0 spiro atoms. The summed E-state index contributed by atoms with van der Waals surface area (Å²) in [6, 6.07) is 16.2. The van der Waals surface area contributed by atoms with Crippen LogP contribution < -0.4 is 4.74 Å². The van der Waals surface area contributed by atoms with Gasteiger partial charge in [0.15, 0.2) is 0 Å². The van der Waals surface area contributed by atoms with Crippen molar-refractivity contribution in [1.82, 2.24) is 4.90 Å². The van der Waals surface area contributed by atoms with Gasteiger partial charge in [0.25, 0.3) is 0 Å². The quantitative estimate of drug-likeness (QED) is 0.716. The van der Waals surface area contributed by atoms with E-state index in [-0.39, 0.29) is 17.8 Å². The number of hydrogen-bond donors (Lipinski definition) is 0. The summed E-state index contributed by atoms with van der Waals surface area (Å²) in [5.41, 5.74) is 1.28. The molecule has 0 N–H and O–H groups in total. The minimum atomic E-state index is -0.277. The molecule has 0 saturated carbocycles. The topological polar surface area (TPSA) is 29.5 Å². The van der Waals surface area contributed by atoms with Gasteiger partial charge in [-0.3, -0.25) is 4.79 Å². The first-order chi connectivity index (χ1) is 11.7. The lowest BCUT2D eigenvalue weighted by molar-refractivity contribution is -0.139. The molecule has 3 nitrogen and oxygen atoms in total. The summed E-state index contributed by atoms with van der Waals surface area (Å²) in [6.07, 6.45) is 0.567. The Bertz CT molecular complexity index is 657. The van der Waals surface area contributed by atoms with Crippen molar-refractivity contribution in [2.45, 2.75) is 18.3 Å². The highest BCUT2D eigenvalue weighted by atomic mass is 32.2. The lowest BCUT2D eigenvalue weighted by atomic mass is 10.1. The molecule has 0 atom stereocenters. The number of likely N-dealkylation sites (tertiary alicyclic amines) is 1. The normalized spacial score (nSPS) is 14.3. The van der Waals surface area contributed by atoms with Gasteiger partial charge in [0.2, 0.25) is 5.91 Å². The first-order valence-electron chi connectivity index (χ1n) is 8.02. The van der Waals surface area contributed by atoms with Gasteiger partial charge in [0, 0.05) is 17.9 Å². The van der Waals surface area contributed by atoms with E-state index in [2.05, 4.69) is 12.1 Å². The number of amides is 1. The van der Waals surface area contributed by atoms with Crippen LogP contribution in [0.15, 0.2) is 54.6 Å². The molecule has 0 unspecified atom stereocenters. The average molecular weight is 345 g/mol. The van der Waals surface area contributed by atoms with Gasteiger partial charge in [0.1, 0.15) is 17.7 Å². The Balaban J connectivity index is 1.31. The first-order valence-corrected chi connectivity index (χ1v) is 9.18. The molecule has 1 aliphatic rings. The summed E-state index contributed by atoms with van der Waals surface area (Å²) in [6.45, 7) is 1.22. The maximum atomic E-state index is 12.8. The zero-order valence-corrected chi connectivity index (χ0v) is 14.2. The monoisotopic (exact) mass is 345 g/mol. The number of ether oxygens (including phenoxy) is 1. The van der Waals surface area contributed by atoms with Gasteiger partial charge in [-0.15, -0.1) is 0 Å². The van der Waals surface area contributed by atoms with Crippen LogP contribution in [0.5, 0.6) is 5.75 Å². The van der Waals surface area contributed by atoms with Crippen LogP contribution in [-0.4, -0.2) is 35.8 Å². The second-order valence-corrected chi connectivity index (χ2v) is 6.89. The highest BCUT2D eigenvalue weighted by Crippen LogP contribution is 2.20. The Labute approximate surface area is 145 Å². The maximum absolute atomic E-state index is 12.8. The Kier molecular flexibility index (Phi) is 5.75. The van der Waals surface area contributed by atoms with Crippen molar-refractivity contribution in [2.24, 2.45) is 0 Å². The van der Waals surface area contributed by atoms with Crippen molar-refractivity contribution in [2.75, 3.05) is 18.8 Å². The third-order valence-corrected chi connectivity index (χ3v) is 4.92. The molecule has 1 saturated heterocycles. The molecule has 0 bridgehead atoms. The Morgan fingerprint density at radius 2 is 1.83 bits per heavy atom. The summed E-state index contributed by atoms with van der Waals surface area (Å²) in [4.78, 5) is 13.9. The lowest BCUT2D eigenvalue weighted by Gasteiger charge is -2.39. The largest absolute Gasteiger partial charge is 0.487 e. The molecule has 1 fully saturated rings. The van der Waals surface area contributed by atoms with Crippen LogP contribution in [0, 0.1) is 5.82 Å². The summed E-state index contributed by atoms with van der Waals surface area (Å²) in [7, 11) is 0. The summed E-state index contributed by atoms with van der Waals surface area (Å²) in [5, 5.41) is 0. The van der Waals surface area contributed by atoms with Gasteiger partial charge >= 0.3 is 0 Å². The number of nitrogens with zero attached hydrogens (tertiary/aromatic N) is 1. The third-order valence-electron chi connectivity index (χ3n) is 3.89. The Morgan fingerprint density at radius 1 is 1.12 bits per heavy atom. The fourth-order valence-corrected chi connectivity index (χ4v) is 3.40. The van der Waals surface area contributed by atoms with Crippen molar-refractivity contribution in [3.63, 3.8) is 0 Å². The number of halogens is 1. The first kappa shape index (κ1) is 16.8. The minimum absolute atomic E-state index is 0.0105. The molecule has 5 heteroatoms. The molecule has 1 aliphatic heterocycles. The van der Waals surface area contributed by atoms with Crippen LogP contribution in [0.3, 0.4) is 0 Å². The molecule has 126 valence electrons. The van der Waals surface area contributed by atoms with E-state index >= 15 is 0 Å². The van der Waals surface area contributed by atoms with Crippen LogP contribution in [0.2, 0.25) is 0 Å². The zero-order valence-electron chi connectivity index (χ0n) is 13.4. The second-order valence-electron chi connectivity index (χ2n) is 5.78. The van der Waals surface area contributed by atoms with Crippen LogP contribution in [0.25, 0.3) is 0 Å². The Morgan fingerprint density at radius 3 is 2.54 bits per heavy atom. The van der Waals surface area contributed by atoms with E-state index < -0.39 is 0 Å². The van der Waals surface area contributed by atoms with Gasteiger partial charge in [-0.25, -0.2) is 4.39 Å². The zero-order chi connectivity index (χ0) is 16.8. The van der Waals surface area contributed by atoms with Gasteiger partial charge in [-0.2, -0.15) is 11.8 Å². The number of thioether (sulfide) groups is 1. The molecule has 1 heterocycles. The van der Waals surface area contributed by atoms with Crippen molar-refractivity contribution >= 4 is 17.7 Å². The smallest absolute Gasteiger partial charge is 0.223 e. The third kappa shape index (κ3) is 4.74. The standard InChI is InChI=1S/C19H20FNO2S/c20-16-6-8-17(9-7-16)23-18-12-21(13-18)19(22)10-11-24-14-15-4-2-1-3-5-15/h1-9,18H,10-14H2. The summed E-state index contributed by atoms with van der Waals surface area (Å²) >= 11 is 1.78. The molecular weight excluding hydrogens is 325 g/mol. The predicted molar refractivity (Wildman–Crippen MR) is 94.6 cm³/mol. The van der Waals surface area contributed by atoms with Crippen molar-refractivity contribution in [3.05, 3.63) is 66.0 Å². The highest BCUT2D eigenvalue weighted by molar-refractivity contribution is 7.98. The summed E-state index contributed by atoms with van der Waals surface area (Å²) in [5.74, 6) is 2.31. The average Bonchev–Trinajstić information content (AvgIpc) is 2.57. The number of hydrogen-bond acceptors (Lipinski definition) is 3. The van der Waals surface area contributed by atoms with E-state index in [9.17, 15) is 9.18 Å². The van der Waals surface area contributed by atoms with Crippen LogP contribution >= 0.6 is 11.8 Å². The van der Waals surface area contributed by atoms with Gasteiger partial charge in [-0.05, 0) is 29.8 Å². The minimum Gasteiger partial charge on any atom is -0.487 e. The van der Waals surface area contributed by atoms with E-state index in [1.54, 1.807) is 23.9 Å². The molecular formula is C19H20FNO2S. The van der Waals surface area contributed by atoms with E-state index in [1.165, 1.54) is 17.7 Å². The molecule has 3 rings (SSSR count). The molecule has 1 amide bonds. The molecule has 2 aromatic rings. The number of carbonyl (C=O) groups is 1. The second kappa shape index (κ2) is 8.20. The van der Waals surface area contributed by atoms with E-state index in [4.69, 9.17) is 4.74 Å². The SMILES string of the molecule is O=C(CCSCc1ccccc1)N1CC(Oc2ccc(F)cc2)C1. The molecule has 0 aromatic heterocycles. The van der Waals surface area contributed by atoms with Crippen molar-refractivity contribution in [1.29, 1.82) is 0 Å². The van der Waals surface area contributed by atoms with Crippen molar-refractivity contribution < 1.29 is 13.9 Å². The molecule has 0 radical (unpaired) electrons. The maximum Gasteiger partial charge on any atom is 0.223 e. The predicted octanol–water partition coefficient (Wildman–Crippen LogP) is 3.74. The van der Waals surface area contributed by atoms with Crippen LogP contribution in [0.1, 0.15) is 12.0 Å². The van der Waals surface area contributed by atoms with Crippen molar-refractivity contribution in [3.8, 4) is 5.75 Å². The van der Waals surface area contributed by atoms with E-state index in [1.807, 2.05) is 23.1 Å². The van der Waals surface area contributed by atoms with E-state index in [0.29, 0.717) is 25.3 Å². The molecule has 0 aliphatic carbocycles. The van der Waals surface area contributed by atoms with Gasteiger partial charge in [-0.1, -0.05) is 30.3 Å². The van der Waals surface area contributed by atoms with Crippen LogP contribution in [0.4, 0.5) is 4.39 Å².